The highest BCUT2D eigenvalue weighted by molar-refractivity contribution is 5.81. The third-order valence-corrected chi connectivity index (χ3v) is 5.51. The van der Waals surface area contributed by atoms with E-state index in [9.17, 15) is 14.4 Å². The molecule has 1 unspecified atom stereocenters. The van der Waals surface area contributed by atoms with Gasteiger partial charge in [-0.1, -0.05) is 0 Å². The van der Waals surface area contributed by atoms with Crippen LogP contribution in [-0.2, 0) is 16.1 Å². The number of carbonyl (C=O) groups is 3. The second-order valence-electron chi connectivity index (χ2n) is 9.11. The van der Waals surface area contributed by atoms with Gasteiger partial charge in [-0.05, 0) is 33.6 Å². The first-order chi connectivity index (χ1) is 14.7. The van der Waals surface area contributed by atoms with E-state index in [4.69, 9.17) is 4.74 Å². The number of likely N-dealkylation sites (tertiary alicyclic amines) is 1. The van der Waals surface area contributed by atoms with E-state index in [1.807, 2.05) is 36.4 Å². The predicted octanol–water partition coefficient (Wildman–Crippen LogP) is 1.38. The van der Waals surface area contributed by atoms with Crippen LogP contribution in [0.5, 0.6) is 0 Å². The van der Waals surface area contributed by atoms with Crippen LogP contribution in [0.25, 0.3) is 0 Å². The standard InChI is InChI=1S/C21H34N6O4/c1-21(2,3)31-20(30)26-13-11-25(12-14-26)18(28)17-5-4-8-27(15-17)19(29)23-7-10-24-9-6-22-16-24/h6,9,16-17H,4-5,7-8,10-15H2,1-3H3,(H,23,29). The lowest BCUT2D eigenvalue weighted by Gasteiger charge is -2.39. The fourth-order valence-corrected chi connectivity index (χ4v) is 3.88. The van der Waals surface area contributed by atoms with E-state index < -0.39 is 5.60 Å². The fourth-order valence-electron chi connectivity index (χ4n) is 3.88. The van der Waals surface area contributed by atoms with Crippen molar-refractivity contribution >= 4 is 18.0 Å². The zero-order valence-electron chi connectivity index (χ0n) is 18.7. The second-order valence-corrected chi connectivity index (χ2v) is 9.11. The molecule has 10 heteroatoms. The molecule has 2 saturated heterocycles. The fraction of sp³-hybridized carbons (Fsp3) is 0.714. The van der Waals surface area contributed by atoms with Crippen molar-refractivity contribution in [2.75, 3.05) is 45.8 Å². The smallest absolute Gasteiger partial charge is 0.410 e. The summed E-state index contributed by atoms with van der Waals surface area (Å²) in [6, 6.07) is -0.132. The van der Waals surface area contributed by atoms with E-state index in [2.05, 4.69) is 10.3 Å². The molecule has 1 aromatic rings. The van der Waals surface area contributed by atoms with Crippen molar-refractivity contribution in [2.24, 2.45) is 5.92 Å². The van der Waals surface area contributed by atoms with Crippen molar-refractivity contribution in [1.82, 2.24) is 29.6 Å². The Morgan fingerprint density at radius 2 is 1.77 bits per heavy atom. The molecular weight excluding hydrogens is 400 g/mol. The van der Waals surface area contributed by atoms with Crippen molar-refractivity contribution in [3.05, 3.63) is 18.7 Å². The van der Waals surface area contributed by atoms with Gasteiger partial charge in [-0.3, -0.25) is 4.79 Å². The molecule has 2 aliphatic rings. The number of piperidine rings is 1. The number of nitrogens with zero attached hydrogens (tertiary/aromatic N) is 5. The second kappa shape index (κ2) is 10.0. The van der Waals surface area contributed by atoms with E-state index >= 15 is 0 Å². The molecular formula is C21H34N6O4. The van der Waals surface area contributed by atoms with Crippen LogP contribution in [0.4, 0.5) is 9.59 Å². The van der Waals surface area contributed by atoms with E-state index in [-0.39, 0.29) is 23.9 Å². The summed E-state index contributed by atoms with van der Waals surface area (Å²) in [4.78, 5) is 46.9. The molecule has 0 bridgehead atoms. The first-order valence-electron chi connectivity index (χ1n) is 11.0. The summed E-state index contributed by atoms with van der Waals surface area (Å²) in [5.41, 5.74) is -0.533. The number of nitrogens with one attached hydrogen (secondary N) is 1. The molecule has 0 radical (unpaired) electrons. The van der Waals surface area contributed by atoms with E-state index in [1.165, 1.54) is 0 Å². The molecule has 172 valence electrons. The van der Waals surface area contributed by atoms with Gasteiger partial charge in [0.2, 0.25) is 5.91 Å². The normalized spacial score (nSPS) is 19.8. The van der Waals surface area contributed by atoms with Gasteiger partial charge in [0.25, 0.3) is 0 Å². The van der Waals surface area contributed by atoms with Crippen LogP contribution in [0.3, 0.4) is 0 Å². The lowest BCUT2D eigenvalue weighted by atomic mass is 9.96. The van der Waals surface area contributed by atoms with Crippen molar-refractivity contribution in [3.8, 4) is 0 Å². The summed E-state index contributed by atoms with van der Waals surface area (Å²) in [5.74, 6) is -0.124. The van der Waals surface area contributed by atoms with Crippen LogP contribution in [-0.4, -0.2) is 93.7 Å². The summed E-state index contributed by atoms with van der Waals surface area (Å²) in [7, 11) is 0. The number of ether oxygens (including phenoxy) is 1. The van der Waals surface area contributed by atoms with Crippen LogP contribution in [0.15, 0.2) is 18.7 Å². The number of imidazole rings is 1. The van der Waals surface area contributed by atoms with Crippen LogP contribution in [0.2, 0.25) is 0 Å². The molecule has 2 fully saturated rings. The monoisotopic (exact) mass is 434 g/mol. The molecule has 4 amide bonds. The SMILES string of the molecule is CC(C)(C)OC(=O)N1CCN(C(=O)C2CCCN(C(=O)NCCn3ccnc3)C2)CC1. The van der Waals surface area contributed by atoms with Crippen LogP contribution < -0.4 is 5.32 Å². The lowest BCUT2D eigenvalue weighted by molar-refractivity contribution is -0.138. The molecule has 0 saturated carbocycles. The molecule has 0 aromatic carbocycles. The maximum absolute atomic E-state index is 13.0. The molecule has 3 heterocycles. The summed E-state index contributed by atoms with van der Waals surface area (Å²) < 4.78 is 7.32. The number of amides is 4. The number of piperazine rings is 1. The number of hydrogen-bond acceptors (Lipinski definition) is 5. The first kappa shape index (κ1) is 22.9. The molecule has 0 spiro atoms. The van der Waals surface area contributed by atoms with Gasteiger partial charge in [-0.25, -0.2) is 14.6 Å². The molecule has 0 aliphatic carbocycles. The van der Waals surface area contributed by atoms with Crippen molar-refractivity contribution < 1.29 is 19.1 Å². The Morgan fingerprint density at radius 3 is 2.42 bits per heavy atom. The van der Waals surface area contributed by atoms with Crippen LogP contribution in [0.1, 0.15) is 33.6 Å². The average Bonchev–Trinajstić information content (AvgIpc) is 3.25. The summed E-state index contributed by atoms with van der Waals surface area (Å²) in [5, 5.41) is 2.92. The Hall–Kier alpha value is -2.78. The maximum atomic E-state index is 13.0. The highest BCUT2D eigenvalue weighted by atomic mass is 16.6. The minimum atomic E-state index is -0.533. The van der Waals surface area contributed by atoms with Crippen molar-refractivity contribution in [2.45, 2.75) is 45.8 Å². The molecule has 10 nitrogen and oxygen atoms in total. The predicted molar refractivity (Wildman–Crippen MR) is 114 cm³/mol. The van der Waals surface area contributed by atoms with Crippen LogP contribution >= 0.6 is 0 Å². The van der Waals surface area contributed by atoms with Crippen molar-refractivity contribution in [3.63, 3.8) is 0 Å². The third-order valence-electron chi connectivity index (χ3n) is 5.51. The lowest BCUT2D eigenvalue weighted by Crippen LogP contribution is -2.55. The number of rotatable bonds is 4. The van der Waals surface area contributed by atoms with Crippen LogP contribution in [0, 0.1) is 5.92 Å². The number of urea groups is 1. The quantitative estimate of drug-likeness (QED) is 0.772. The summed E-state index contributed by atoms with van der Waals surface area (Å²) in [6.07, 6.45) is 6.52. The number of hydrogen-bond donors (Lipinski definition) is 1. The summed E-state index contributed by atoms with van der Waals surface area (Å²) >= 11 is 0. The highest BCUT2D eigenvalue weighted by Gasteiger charge is 2.34. The topological polar surface area (TPSA) is 100 Å². The third kappa shape index (κ3) is 6.60. The minimum absolute atomic E-state index is 0.0692. The Kier molecular flexibility index (Phi) is 7.40. The molecule has 2 aliphatic heterocycles. The van der Waals surface area contributed by atoms with Gasteiger partial charge in [0.05, 0.1) is 12.2 Å². The molecule has 1 N–H and O–H groups in total. The van der Waals surface area contributed by atoms with Gasteiger partial charge in [-0.15, -0.1) is 0 Å². The van der Waals surface area contributed by atoms with Gasteiger partial charge in [-0.2, -0.15) is 0 Å². The van der Waals surface area contributed by atoms with E-state index in [1.54, 1.807) is 22.3 Å². The van der Waals surface area contributed by atoms with Gasteiger partial charge in [0, 0.05) is 64.8 Å². The highest BCUT2D eigenvalue weighted by Crippen LogP contribution is 2.20. The zero-order valence-corrected chi connectivity index (χ0v) is 18.7. The van der Waals surface area contributed by atoms with E-state index in [0.717, 1.165) is 12.8 Å². The van der Waals surface area contributed by atoms with Gasteiger partial charge < -0.3 is 29.3 Å². The first-order valence-corrected chi connectivity index (χ1v) is 11.0. The Morgan fingerprint density at radius 1 is 1.06 bits per heavy atom. The maximum Gasteiger partial charge on any atom is 0.410 e. The van der Waals surface area contributed by atoms with Gasteiger partial charge >= 0.3 is 12.1 Å². The zero-order chi connectivity index (χ0) is 22.4. The minimum Gasteiger partial charge on any atom is -0.444 e. The number of carbonyl (C=O) groups excluding carboxylic acids is 3. The van der Waals surface area contributed by atoms with Gasteiger partial charge in [0.15, 0.2) is 0 Å². The van der Waals surface area contributed by atoms with Crippen molar-refractivity contribution in [1.29, 1.82) is 0 Å². The Balaban J connectivity index is 1.43. The largest absolute Gasteiger partial charge is 0.444 e. The Labute approximate surface area is 183 Å². The molecule has 1 atom stereocenters. The number of aromatic nitrogens is 2. The average molecular weight is 435 g/mol. The molecule has 31 heavy (non-hydrogen) atoms. The Bertz CT molecular complexity index is 752. The molecule has 3 rings (SSSR count). The summed E-state index contributed by atoms with van der Waals surface area (Å²) in [6.45, 7) is 9.69. The van der Waals surface area contributed by atoms with Gasteiger partial charge in [0.1, 0.15) is 5.60 Å². The van der Waals surface area contributed by atoms with E-state index in [0.29, 0.717) is 52.4 Å². The molecule has 1 aromatic heterocycles.